The van der Waals surface area contributed by atoms with Gasteiger partial charge in [0.2, 0.25) is 0 Å². The number of rotatable bonds is 6. The van der Waals surface area contributed by atoms with Crippen molar-refractivity contribution in [3.05, 3.63) is 53.6 Å². The third kappa shape index (κ3) is 4.11. The molecule has 0 radical (unpaired) electrons. The van der Waals surface area contributed by atoms with Gasteiger partial charge in [0.1, 0.15) is 19.0 Å². The second-order valence-corrected chi connectivity index (χ2v) is 7.70. The van der Waals surface area contributed by atoms with Crippen LogP contribution in [-0.2, 0) is 0 Å². The molecule has 1 aliphatic carbocycles. The van der Waals surface area contributed by atoms with Crippen LogP contribution in [0.5, 0.6) is 17.2 Å². The minimum Gasteiger partial charge on any atom is -0.496 e. The van der Waals surface area contributed by atoms with E-state index in [0.717, 1.165) is 41.2 Å². The van der Waals surface area contributed by atoms with Crippen LogP contribution in [0, 0.1) is 5.92 Å². The van der Waals surface area contributed by atoms with Crippen molar-refractivity contribution in [3.63, 3.8) is 0 Å². The van der Waals surface area contributed by atoms with E-state index in [9.17, 15) is 4.79 Å². The van der Waals surface area contributed by atoms with Gasteiger partial charge in [-0.2, -0.15) is 0 Å². The van der Waals surface area contributed by atoms with Gasteiger partial charge in [0.05, 0.1) is 19.2 Å². The van der Waals surface area contributed by atoms with Crippen molar-refractivity contribution in [1.29, 1.82) is 0 Å². The largest absolute Gasteiger partial charge is 0.496 e. The number of carbonyl (C=O) groups excluding carboxylic acids is 1. The van der Waals surface area contributed by atoms with E-state index in [1.807, 2.05) is 56.4 Å². The average molecular weight is 396 g/mol. The normalized spacial score (nSPS) is 17.2. The van der Waals surface area contributed by atoms with Crippen molar-refractivity contribution in [2.75, 3.05) is 27.4 Å². The van der Waals surface area contributed by atoms with Crippen molar-refractivity contribution in [3.8, 4) is 17.2 Å². The topological polar surface area (TPSA) is 60.0 Å². The number of hydrogen-bond donors (Lipinski definition) is 1. The quantitative estimate of drug-likeness (QED) is 0.790. The van der Waals surface area contributed by atoms with Crippen LogP contribution < -0.4 is 19.5 Å². The average Bonchev–Trinajstić information content (AvgIpc) is 3.61. The Bertz CT molecular complexity index is 881. The van der Waals surface area contributed by atoms with Gasteiger partial charge in [-0.15, -0.1) is 0 Å². The van der Waals surface area contributed by atoms with E-state index in [4.69, 9.17) is 14.2 Å². The Labute approximate surface area is 171 Å². The lowest BCUT2D eigenvalue weighted by Crippen LogP contribution is -2.41. The molecule has 1 fully saturated rings. The van der Waals surface area contributed by atoms with E-state index in [0.29, 0.717) is 19.1 Å². The molecule has 1 heterocycles. The smallest absolute Gasteiger partial charge is 0.318 e. The van der Waals surface area contributed by atoms with Crippen LogP contribution in [0.3, 0.4) is 0 Å². The monoisotopic (exact) mass is 396 g/mol. The molecular formula is C23H28N2O4. The number of nitrogens with one attached hydrogen (secondary N) is 1. The molecule has 2 unspecified atom stereocenters. The Morgan fingerprint density at radius 3 is 2.59 bits per heavy atom. The number of fused-ring (bicyclic) bond motifs is 1. The van der Waals surface area contributed by atoms with Crippen molar-refractivity contribution < 1.29 is 19.0 Å². The minimum absolute atomic E-state index is 0.0364. The van der Waals surface area contributed by atoms with E-state index in [-0.39, 0.29) is 18.1 Å². The van der Waals surface area contributed by atoms with Gasteiger partial charge in [0.25, 0.3) is 0 Å². The number of benzene rings is 2. The Morgan fingerprint density at radius 2 is 1.86 bits per heavy atom. The lowest BCUT2D eigenvalue weighted by atomic mass is 10.0. The second-order valence-electron chi connectivity index (χ2n) is 7.70. The van der Waals surface area contributed by atoms with Crippen LogP contribution in [0.2, 0.25) is 0 Å². The number of nitrogens with zero attached hydrogens (tertiary/aromatic N) is 1. The maximum atomic E-state index is 13.1. The van der Waals surface area contributed by atoms with Gasteiger partial charge in [0.15, 0.2) is 11.5 Å². The van der Waals surface area contributed by atoms with E-state index in [1.165, 1.54) is 0 Å². The Morgan fingerprint density at radius 1 is 1.14 bits per heavy atom. The molecule has 2 aliphatic rings. The highest BCUT2D eigenvalue weighted by atomic mass is 16.6. The first kappa shape index (κ1) is 19.4. The fourth-order valence-electron chi connectivity index (χ4n) is 3.79. The number of hydrogen-bond acceptors (Lipinski definition) is 4. The van der Waals surface area contributed by atoms with E-state index >= 15 is 0 Å². The zero-order chi connectivity index (χ0) is 20.4. The van der Waals surface area contributed by atoms with E-state index in [1.54, 1.807) is 12.0 Å². The summed E-state index contributed by atoms with van der Waals surface area (Å²) in [6.45, 7) is 3.13. The molecule has 0 aromatic heterocycles. The van der Waals surface area contributed by atoms with Crippen LogP contribution >= 0.6 is 0 Å². The molecule has 0 saturated heterocycles. The highest BCUT2D eigenvalue weighted by molar-refractivity contribution is 5.75. The number of amides is 2. The van der Waals surface area contributed by atoms with Gasteiger partial charge < -0.3 is 24.4 Å². The molecule has 6 heteroatoms. The van der Waals surface area contributed by atoms with Crippen molar-refractivity contribution in [1.82, 2.24) is 10.2 Å². The minimum atomic E-state index is -0.119. The van der Waals surface area contributed by atoms with Gasteiger partial charge >= 0.3 is 6.03 Å². The first-order valence-corrected chi connectivity index (χ1v) is 10.1. The number of methoxy groups -OCH3 is 1. The van der Waals surface area contributed by atoms with Crippen molar-refractivity contribution in [2.24, 2.45) is 5.92 Å². The zero-order valence-electron chi connectivity index (χ0n) is 17.2. The molecule has 0 bridgehead atoms. The molecule has 4 rings (SSSR count). The Balaban J connectivity index is 1.50. The van der Waals surface area contributed by atoms with Crippen LogP contribution in [0.15, 0.2) is 42.5 Å². The molecule has 2 aromatic rings. The third-order valence-corrected chi connectivity index (χ3v) is 5.79. The summed E-state index contributed by atoms with van der Waals surface area (Å²) < 4.78 is 16.8. The summed E-state index contributed by atoms with van der Waals surface area (Å²) in [6.07, 6.45) is 2.23. The second kappa shape index (κ2) is 8.23. The summed E-state index contributed by atoms with van der Waals surface area (Å²) in [5.74, 6) is 2.76. The molecule has 1 N–H and O–H groups in total. The number of ether oxygens (including phenoxy) is 3. The van der Waals surface area contributed by atoms with E-state index < -0.39 is 0 Å². The molecule has 1 aliphatic heterocycles. The molecule has 2 atom stereocenters. The molecule has 0 spiro atoms. The Hall–Kier alpha value is -2.89. The van der Waals surface area contributed by atoms with Gasteiger partial charge in [-0.3, -0.25) is 0 Å². The van der Waals surface area contributed by atoms with E-state index in [2.05, 4.69) is 5.32 Å². The standard InChI is InChI=1S/C23H28N2O4/c1-15(18-6-4-5-7-19(18)27-3)25(2)23(26)24-22(16-8-9-16)17-10-11-20-21(14-17)29-13-12-28-20/h4-7,10-11,14-16,22H,8-9,12-13H2,1-3H3,(H,24,26). The fourth-order valence-corrected chi connectivity index (χ4v) is 3.79. The SMILES string of the molecule is COc1ccccc1C(C)N(C)C(=O)NC(c1ccc2c(c1)OCCO2)C1CC1. The lowest BCUT2D eigenvalue weighted by molar-refractivity contribution is 0.171. The predicted octanol–water partition coefficient (Wildman–Crippen LogP) is 4.32. The summed E-state index contributed by atoms with van der Waals surface area (Å²) in [5, 5.41) is 3.24. The zero-order valence-corrected chi connectivity index (χ0v) is 17.2. The van der Waals surface area contributed by atoms with Crippen LogP contribution in [0.1, 0.15) is 43.0 Å². The summed E-state index contributed by atoms with van der Waals surface area (Å²) >= 11 is 0. The fraction of sp³-hybridized carbons (Fsp3) is 0.435. The summed E-state index contributed by atoms with van der Waals surface area (Å²) in [5.41, 5.74) is 2.04. The molecule has 1 saturated carbocycles. The van der Waals surface area contributed by atoms with Crippen LogP contribution in [-0.4, -0.2) is 38.3 Å². The summed E-state index contributed by atoms with van der Waals surface area (Å²) in [4.78, 5) is 14.8. The molecular weight excluding hydrogens is 368 g/mol. The molecule has 6 nitrogen and oxygen atoms in total. The Kier molecular flexibility index (Phi) is 5.51. The van der Waals surface area contributed by atoms with Crippen molar-refractivity contribution in [2.45, 2.75) is 31.8 Å². The number of urea groups is 1. The summed E-state index contributed by atoms with van der Waals surface area (Å²) in [7, 11) is 3.47. The highest BCUT2D eigenvalue weighted by Crippen LogP contribution is 2.43. The third-order valence-electron chi connectivity index (χ3n) is 5.79. The predicted molar refractivity (Wildman–Crippen MR) is 111 cm³/mol. The molecule has 2 amide bonds. The molecule has 29 heavy (non-hydrogen) atoms. The number of para-hydroxylation sites is 1. The van der Waals surface area contributed by atoms with Crippen LogP contribution in [0.25, 0.3) is 0 Å². The molecule has 154 valence electrons. The van der Waals surface area contributed by atoms with Gasteiger partial charge in [-0.1, -0.05) is 24.3 Å². The first-order chi connectivity index (χ1) is 14.1. The maximum absolute atomic E-state index is 13.1. The van der Waals surface area contributed by atoms with Crippen molar-refractivity contribution >= 4 is 6.03 Å². The van der Waals surface area contributed by atoms with Gasteiger partial charge in [-0.25, -0.2) is 4.79 Å². The maximum Gasteiger partial charge on any atom is 0.318 e. The highest BCUT2D eigenvalue weighted by Gasteiger charge is 2.35. The first-order valence-electron chi connectivity index (χ1n) is 10.1. The summed E-state index contributed by atoms with van der Waals surface area (Å²) in [6, 6.07) is 13.5. The lowest BCUT2D eigenvalue weighted by Gasteiger charge is -2.30. The molecule has 2 aromatic carbocycles. The van der Waals surface area contributed by atoms with Crippen LogP contribution in [0.4, 0.5) is 4.79 Å². The van der Waals surface area contributed by atoms with Gasteiger partial charge in [-0.05, 0) is 49.4 Å². The van der Waals surface area contributed by atoms with Gasteiger partial charge in [0, 0.05) is 12.6 Å². The number of carbonyl (C=O) groups is 1.